The highest BCUT2D eigenvalue weighted by Gasteiger charge is 2.12. The molecule has 2 rings (SSSR count). The van der Waals surface area contributed by atoms with Gasteiger partial charge in [-0.2, -0.15) is 0 Å². The highest BCUT2D eigenvalue weighted by Crippen LogP contribution is 2.20. The molecule has 0 aliphatic carbocycles. The highest BCUT2D eigenvalue weighted by molar-refractivity contribution is 6.07. The van der Waals surface area contributed by atoms with Gasteiger partial charge in [0.15, 0.2) is 0 Å². The number of hydrogen-bond donors (Lipinski definition) is 4. The van der Waals surface area contributed by atoms with Gasteiger partial charge in [-0.25, -0.2) is 0 Å². The second-order valence-corrected chi connectivity index (χ2v) is 4.66. The Hall–Kier alpha value is -2.05. The summed E-state index contributed by atoms with van der Waals surface area (Å²) in [5.74, 6) is -0.188. The highest BCUT2D eigenvalue weighted by atomic mass is 16.5. The maximum Gasteiger partial charge on any atom is 0.253 e. The van der Waals surface area contributed by atoms with E-state index in [-0.39, 0.29) is 12.5 Å². The lowest BCUT2D eigenvalue weighted by Crippen LogP contribution is -2.28. The predicted octanol–water partition coefficient (Wildman–Crippen LogP) is 0.877. The zero-order valence-corrected chi connectivity index (χ0v) is 11.3. The van der Waals surface area contributed by atoms with Crippen LogP contribution >= 0.6 is 0 Å². The van der Waals surface area contributed by atoms with Crippen LogP contribution in [0.3, 0.4) is 0 Å². The maximum atomic E-state index is 12.1. The molecule has 0 fully saturated rings. The van der Waals surface area contributed by atoms with Crippen LogP contribution in [0.5, 0.6) is 0 Å². The van der Waals surface area contributed by atoms with Gasteiger partial charge in [0, 0.05) is 36.4 Å². The Morgan fingerprint density at radius 2 is 2.35 bits per heavy atom. The standard InChI is InChI=1S/C14H19N3O3/c1-20-8-10(18)4-5-16-14(19)12-7-17-13-3-2-9(15)6-11(12)13/h2-3,6-7,10,17-18H,4-5,8,15H2,1H3,(H,16,19). The van der Waals surface area contributed by atoms with Gasteiger partial charge >= 0.3 is 0 Å². The van der Waals surface area contributed by atoms with E-state index in [2.05, 4.69) is 10.3 Å². The van der Waals surface area contributed by atoms with Gasteiger partial charge in [0.25, 0.3) is 5.91 Å². The van der Waals surface area contributed by atoms with Crippen LogP contribution in [0, 0.1) is 0 Å². The van der Waals surface area contributed by atoms with Gasteiger partial charge in [0.1, 0.15) is 0 Å². The summed E-state index contributed by atoms with van der Waals surface area (Å²) in [4.78, 5) is 15.1. The molecule has 0 saturated heterocycles. The minimum absolute atomic E-state index is 0.188. The maximum absolute atomic E-state index is 12.1. The molecule has 1 aromatic heterocycles. The molecule has 1 atom stereocenters. The molecule has 1 heterocycles. The fourth-order valence-corrected chi connectivity index (χ4v) is 2.05. The van der Waals surface area contributed by atoms with Crippen molar-refractivity contribution in [3.8, 4) is 0 Å². The van der Waals surface area contributed by atoms with Crippen LogP contribution < -0.4 is 11.1 Å². The lowest BCUT2D eigenvalue weighted by molar-refractivity contribution is 0.0588. The molecule has 108 valence electrons. The molecule has 1 aromatic carbocycles. The fourth-order valence-electron chi connectivity index (χ4n) is 2.05. The van der Waals surface area contributed by atoms with Gasteiger partial charge < -0.3 is 25.9 Å². The second-order valence-electron chi connectivity index (χ2n) is 4.66. The molecule has 1 amide bonds. The molecule has 0 aliphatic heterocycles. The van der Waals surface area contributed by atoms with Crippen molar-refractivity contribution < 1.29 is 14.6 Å². The number of aromatic nitrogens is 1. The van der Waals surface area contributed by atoms with Gasteiger partial charge in [0.2, 0.25) is 0 Å². The first-order chi connectivity index (χ1) is 9.61. The van der Waals surface area contributed by atoms with Crippen LogP contribution in [0.1, 0.15) is 16.8 Å². The van der Waals surface area contributed by atoms with Gasteiger partial charge in [-0.3, -0.25) is 4.79 Å². The minimum atomic E-state index is -0.570. The quantitative estimate of drug-likeness (QED) is 0.589. The van der Waals surface area contributed by atoms with Gasteiger partial charge in [-0.1, -0.05) is 0 Å². The van der Waals surface area contributed by atoms with Gasteiger partial charge in [-0.15, -0.1) is 0 Å². The third-order valence-electron chi connectivity index (χ3n) is 3.07. The number of benzene rings is 1. The monoisotopic (exact) mass is 277 g/mol. The normalized spacial score (nSPS) is 12.5. The third kappa shape index (κ3) is 3.28. The number of carbonyl (C=O) groups excluding carboxylic acids is 1. The number of nitrogens with two attached hydrogens (primary N) is 1. The Labute approximate surface area is 116 Å². The number of hydrogen-bond acceptors (Lipinski definition) is 4. The Kier molecular flexibility index (Phi) is 4.60. The molecule has 20 heavy (non-hydrogen) atoms. The van der Waals surface area contributed by atoms with E-state index >= 15 is 0 Å². The van der Waals surface area contributed by atoms with Crippen LogP contribution in [-0.4, -0.2) is 42.4 Å². The van der Waals surface area contributed by atoms with E-state index < -0.39 is 6.10 Å². The molecule has 0 spiro atoms. The Morgan fingerprint density at radius 3 is 3.10 bits per heavy atom. The number of carbonyl (C=O) groups is 1. The van der Waals surface area contributed by atoms with Crippen molar-refractivity contribution in [1.29, 1.82) is 0 Å². The molecule has 0 bridgehead atoms. The van der Waals surface area contributed by atoms with Gasteiger partial charge in [0.05, 0.1) is 18.3 Å². The first-order valence-corrected chi connectivity index (χ1v) is 6.43. The van der Waals surface area contributed by atoms with E-state index in [1.54, 1.807) is 18.3 Å². The summed E-state index contributed by atoms with van der Waals surface area (Å²) in [7, 11) is 1.53. The van der Waals surface area contributed by atoms with Crippen LogP contribution in [0.15, 0.2) is 24.4 Å². The summed E-state index contributed by atoms with van der Waals surface area (Å²) in [5.41, 5.74) is 7.76. The first-order valence-electron chi connectivity index (χ1n) is 6.43. The minimum Gasteiger partial charge on any atom is -0.399 e. The average molecular weight is 277 g/mol. The van der Waals surface area contributed by atoms with E-state index in [9.17, 15) is 9.90 Å². The van der Waals surface area contributed by atoms with E-state index in [0.29, 0.717) is 24.2 Å². The van der Waals surface area contributed by atoms with E-state index in [4.69, 9.17) is 10.5 Å². The van der Waals surface area contributed by atoms with Crippen LogP contribution in [-0.2, 0) is 4.74 Å². The fraction of sp³-hybridized carbons (Fsp3) is 0.357. The molecule has 0 aliphatic rings. The summed E-state index contributed by atoms with van der Waals surface area (Å²) in [6.07, 6.45) is 1.54. The van der Waals surface area contributed by atoms with Crippen molar-refractivity contribution in [1.82, 2.24) is 10.3 Å². The molecule has 0 radical (unpaired) electrons. The van der Waals surface area contributed by atoms with Crippen molar-refractivity contribution >= 4 is 22.5 Å². The number of anilines is 1. The summed E-state index contributed by atoms with van der Waals surface area (Å²) >= 11 is 0. The summed E-state index contributed by atoms with van der Waals surface area (Å²) in [6.45, 7) is 0.651. The number of methoxy groups -OCH3 is 1. The lowest BCUT2D eigenvalue weighted by Gasteiger charge is -2.09. The average Bonchev–Trinajstić information content (AvgIpc) is 2.81. The summed E-state index contributed by atoms with van der Waals surface area (Å²) in [6, 6.07) is 5.38. The molecule has 0 saturated carbocycles. The van der Waals surface area contributed by atoms with Crippen molar-refractivity contribution in [2.45, 2.75) is 12.5 Å². The lowest BCUT2D eigenvalue weighted by atomic mass is 10.1. The predicted molar refractivity (Wildman–Crippen MR) is 77.5 cm³/mol. The summed E-state index contributed by atoms with van der Waals surface area (Å²) in [5, 5.41) is 13.1. The number of nitrogen functional groups attached to an aromatic ring is 1. The largest absolute Gasteiger partial charge is 0.399 e. The van der Waals surface area contributed by atoms with E-state index in [1.165, 1.54) is 7.11 Å². The first kappa shape index (κ1) is 14.4. The number of fused-ring (bicyclic) bond motifs is 1. The zero-order valence-electron chi connectivity index (χ0n) is 11.3. The number of aliphatic hydroxyl groups is 1. The molecule has 2 aromatic rings. The second kappa shape index (κ2) is 6.40. The topological polar surface area (TPSA) is 100 Å². The SMILES string of the molecule is COCC(O)CCNC(=O)c1c[nH]c2ccc(N)cc12. The molecular weight excluding hydrogens is 258 g/mol. The van der Waals surface area contributed by atoms with Crippen LogP contribution in [0.25, 0.3) is 10.9 Å². The Morgan fingerprint density at radius 1 is 1.55 bits per heavy atom. The number of nitrogens with one attached hydrogen (secondary N) is 2. The zero-order chi connectivity index (χ0) is 14.5. The number of H-pyrrole nitrogens is 1. The number of aliphatic hydroxyl groups excluding tert-OH is 1. The number of rotatable bonds is 6. The molecular formula is C14H19N3O3. The van der Waals surface area contributed by atoms with Crippen LogP contribution in [0.2, 0.25) is 0 Å². The Balaban J connectivity index is 1.99. The summed E-state index contributed by atoms with van der Waals surface area (Å²) < 4.78 is 4.82. The molecule has 6 nitrogen and oxygen atoms in total. The number of amides is 1. The molecule has 5 N–H and O–H groups in total. The van der Waals surface area contributed by atoms with E-state index in [1.807, 2.05) is 6.07 Å². The van der Waals surface area contributed by atoms with Crippen molar-refractivity contribution in [2.24, 2.45) is 0 Å². The van der Waals surface area contributed by atoms with Crippen molar-refractivity contribution in [3.63, 3.8) is 0 Å². The van der Waals surface area contributed by atoms with Crippen LogP contribution in [0.4, 0.5) is 5.69 Å². The number of aromatic amines is 1. The Bertz CT molecular complexity index is 594. The smallest absolute Gasteiger partial charge is 0.253 e. The molecule has 1 unspecified atom stereocenters. The van der Waals surface area contributed by atoms with E-state index in [0.717, 1.165) is 10.9 Å². The number of ether oxygens (including phenoxy) is 1. The van der Waals surface area contributed by atoms with Crippen molar-refractivity contribution in [3.05, 3.63) is 30.0 Å². The van der Waals surface area contributed by atoms with Crippen molar-refractivity contribution in [2.75, 3.05) is 26.0 Å². The molecule has 6 heteroatoms. The van der Waals surface area contributed by atoms with Gasteiger partial charge in [-0.05, 0) is 24.6 Å². The third-order valence-corrected chi connectivity index (χ3v) is 3.07.